The smallest absolute Gasteiger partial charge is 0.369 e. The first-order chi connectivity index (χ1) is 4.97. The number of hydrogen-bond acceptors (Lipinski definition) is 3. The number of H-pyrrole nitrogens is 1. The zero-order valence-corrected chi connectivity index (χ0v) is 5.96. The Balaban J connectivity index is 2.65. The van der Waals surface area contributed by atoms with Crippen LogP contribution in [-0.2, 0) is 0 Å². The van der Waals surface area contributed by atoms with E-state index in [-0.39, 0.29) is 22.7 Å². The van der Waals surface area contributed by atoms with Crippen molar-refractivity contribution >= 4 is 17.7 Å². The van der Waals surface area contributed by atoms with Gasteiger partial charge < -0.3 is 10.7 Å². The summed E-state index contributed by atoms with van der Waals surface area (Å²) in [5, 5.41) is -0.102. The first kappa shape index (κ1) is 8.25. The van der Waals surface area contributed by atoms with Gasteiger partial charge in [0.05, 0.1) is 6.20 Å². The van der Waals surface area contributed by atoms with Crippen LogP contribution in [0.25, 0.3) is 0 Å². The number of aromatic amines is 1. The number of nitrogen functional groups attached to an aromatic ring is 1. The van der Waals surface area contributed by atoms with Gasteiger partial charge in [0.15, 0.2) is 5.95 Å². The molecule has 7 heteroatoms. The average Bonchev–Trinajstić information content (AvgIpc) is 2.10. The van der Waals surface area contributed by atoms with Gasteiger partial charge in [-0.05, 0) is 0 Å². The van der Waals surface area contributed by atoms with Crippen molar-refractivity contribution in [2.24, 2.45) is 0 Å². The van der Waals surface area contributed by atoms with Crippen molar-refractivity contribution in [1.29, 1.82) is 0 Å². The van der Waals surface area contributed by atoms with Gasteiger partial charge in [0.1, 0.15) is 5.03 Å². The van der Waals surface area contributed by atoms with Crippen molar-refractivity contribution in [2.45, 2.75) is 10.5 Å². The monoisotopic (exact) mass is 183 g/mol. The predicted molar refractivity (Wildman–Crippen MR) is 34.9 cm³/mol. The SMILES string of the molecule is Nc1ncc(SC(F)(F)F)[nH]1. The van der Waals surface area contributed by atoms with E-state index in [0.29, 0.717) is 0 Å². The molecule has 1 aromatic heterocycles. The molecule has 0 saturated carbocycles. The number of hydrogen-bond donors (Lipinski definition) is 2. The predicted octanol–water partition coefficient (Wildman–Crippen LogP) is 1.60. The first-order valence-corrected chi connectivity index (χ1v) is 3.35. The second-order valence-corrected chi connectivity index (χ2v) is 2.79. The minimum Gasteiger partial charge on any atom is -0.369 e. The Morgan fingerprint density at radius 3 is 2.55 bits per heavy atom. The fourth-order valence-electron chi connectivity index (χ4n) is 0.495. The van der Waals surface area contributed by atoms with Crippen LogP contribution < -0.4 is 5.73 Å². The molecule has 3 N–H and O–H groups in total. The van der Waals surface area contributed by atoms with Gasteiger partial charge in [0, 0.05) is 11.8 Å². The lowest BCUT2D eigenvalue weighted by Crippen LogP contribution is -1.99. The molecule has 3 nitrogen and oxygen atoms in total. The Kier molecular flexibility index (Phi) is 1.99. The Bertz CT molecular complexity index is 243. The van der Waals surface area contributed by atoms with E-state index in [2.05, 4.69) is 9.97 Å². The fourth-order valence-corrected chi connectivity index (χ4v) is 1.01. The maximum atomic E-state index is 11.6. The molecule has 1 heterocycles. The molecule has 0 aliphatic rings. The van der Waals surface area contributed by atoms with Crippen LogP contribution in [0.4, 0.5) is 19.1 Å². The number of alkyl halides is 3. The van der Waals surface area contributed by atoms with E-state index in [0.717, 1.165) is 6.20 Å². The summed E-state index contributed by atoms with van der Waals surface area (Å²) in [5.41, 5.74) is 0.757. The minimum absolute atomic E-state index is 0.0169. The van der Waals surface area contributed by atoms with E-state index in [9.17, 15) is 13.2 Å². The van der Waals surface area contributed by atoms with Crippen molar-refractivity contribution in [3.05, 3.63) is 6.20 Å². The van der Waals surface area contributed by atoms with E-state index in [1.807, 2.05) is 0 Å². The summed E-state index contributed by atoms with van der Waals surface area (Å²) in [6.07, 6.45) is 1.04. The van der Waals surface area contributed by atoms with Gasteiger partial charge in [-0.25, -0.2) is 4.98 Å². The molecule has 0 atom stereocenters. The largest absolute Gasteiger partial charge is 0.447 e. The number of imidazole rings is 1. The maximum Gasteiger partial charge on any atom is 0.447 e. The van der Waals surface area contributed by atoms with Crippen LogP contribution in [0.5, 0.6) is 0 Å². The lowest BCUT2D eigenvalue weighted by Gasteiger charge is -2.00. The third kappa shape index (κ3) is 2.71. The highest BCUT2D eigenvalue weighted by Gasteiger charge is 2.30. The molecule has 0 aliphatic heterocycles. The molecule has 0 spiro atoms. The lowest BCUT2D eigenvalue weighted by molar-refractivity contribution is -0.0329. The number of nitrogens with one attached hydrogen (secondary N) is 1. The zero-order chi connectivity index (χ0) is 8.48. The molecule has 0 amide bonds. The fraction of sp³-hybridized carbons (Fsp3) is 0.250. The van der Waals surface area contributed by atoms with Crippen molar-refractivity contribution in [3.63, 3.8) is 0 Å². The number of thioether (sulfide) groups is 1. The molecule has 11 heavy (non-hydrogen) atoms. The van der Waals surface area contributed by atoms with Gasteiger partial charge in [-0.15, -0.1) is 0 Å². The standard InChI is InChI=1S/C4H4F3N3S/c5-4(6,7)11-2-1-9-3(8)10-2/h1H,(H3,8,9,10). The van der Waals surface area contributed by atoms with E-state index >= 15 is 0 Å². The van der Waals surface area contributed by atoms with Crippen molar-refractivity contribution in [2.75, 3.05) is 5.73 Å². The van der Waals surface area contributed by atoms with E-state index in [1.165, 1.54) is 0 Å². The summed E-state index contributed by atoms with van der Waals surface area (Å²) in [7, 11) is 0. The zero-order valence-electron chi connectivity index (χ0n) is 5.14. The molecule has 62 valence electrons. The summed E-state index contributed by atoms with van der Waals surface area (Å²) in [5.74, 6) is -0.0169. The second-order valence-electron chi connectivity index (χ2n) is 1.68. The number of rotatable bonds is 1. The van der Waals surface area contributed by atoms with Gasteiger partial charge in [-0.2, -0.15) is 13.2 Å². The van der Waals surface area contributed by atoms with Crippen LogP contribution in [-0.4, -0.2) is 15.5 Å². The van der Waals surface area contributed by atoms with Crippen LogP contribution in [0.15, 0.2) is 11.2 Å². The van der Waals surface area contributed by atoms with E-state index in [1.54, 1.807) is 0 Å². The van der Waals surface area contributed by atoms with Crippen molar-refractivity contribution in [1.82, 2.24) is 9.97 Å². The van der Waals surface area contributed by atoms with Crippen LogP contribution in [0.1, 0.15) is 0 Å². The molecular weight excluding hydrogens is 179 g/mol. The molecule has 1 aromatic rings. The van der Waals surface area contributed by atoms with Crippen LogP contribution >= 0.6 is 11.8 Å². The van der Waals surface area contributed by atoms with Gasteiger partial charge in [0.2, 0.25) is 0 Å². The molecular formula is C4H4F3N3S. The van der Waals surface area contributed by atoms with E-state index in [4.69, 9.17) is 5.73 Å². The first-order valence-electron chi connectivity index (χ1n) is 2.53. The molecule has 0 radical (unpaired) electrons. The van der Waals surface area contributed by atoms with Crippen molar-refractivity contribution in [3.8, 4) is 0 Å². The summed E-state index contributed by atoms with van der Waals surface area (Å²) in [6, 6.07) is 0. The molecule has 1 rings (SSSR count). The number of halogens is 3. The quantitative estimate of drug-likeness (QED) is 0.650. The second kappa shape index (κ2) is 2.65. The van der Waals surface area contributed by atoms with Crippen LogP contribution in [0.2, 0.25) is 0 Å². The molecule has 0 saturated heterocycles. The molecule has 0 aromatic carbocycles. The number of aromatic nitrogens is 2. The Morgan fingerprint density at radius 1 is 1.55 bits per heavy atom. The number of nitrogens with two attached hydrogens (primary N) is 1. The summed E-state index contributed by atoms with van der Waals surface area (Å²) >= 11 is -0.276. The van der Waals surface area contributed by atoms with Gasteiger partial charge >= 0.3 is 5.51 Å². The summed E-state index contributed by atoms with van der Waals surface area (Å²) in [4.78, 5) is 5.64. The Hall–Kier alpha value is -0.850. The third-order valence-electron chi connectivity index (χ3n) is 0.798. The van der Waals surface area contributed by atoms with Crippen LogP contribution in [0, 0.1) is 0 Å². The lowest BCUT2D eigenvalue weighted by atomic mass is 11.0. The minimum atomic E-state index is -4.29. The molecule has 0 bridgehead atoms. The van der Waals surface area contributed by atoms with Gasteiger partial charge in [-0.1, -0.05) is 0 Å². The maximum absolute atomic E-state index is 11.6. The van der Waals surface area contributed by atoms with Gasteiger partial charge in [0.25, 0.3) is 0 Å². The molecule has 0 aliphatic carbocycles. The third-order valence-corrected chi connectivity index (χ3v) is 1.46. The highest BCUT2D eigenvalue weighted by Crippen LogP contribution is 2.35. The average molecular weight is 183 g/mol. The van der Waals surface area contributed by atoms with Crippen molar-refractivity contribution < 1.29 is 13.2 Å². The topological polar surface area (TPSA) is 54.7 Å². The Morgan fingerprint density at radius 2 is 2.18 bits per heavy atom. The summed E-state index contributed by atoms with van der Waals surface area (Å²) in [6.45, 7) is 0. The highest BCUT2D eigenvalue weighted by atomic mass is 32.2. The number of nitrogens with zero attached hydrogens (tertiary/aromatic N) is 1. The molecule has 0 fully saturated rings. The summed E-state index contributed by atoms with van der Waals surface area (Å²) < 4.78 is 34.9. The van der Waals surface area contributed by atoms with Gasteiger partial charge in [-0.3, -0.25) is 0 Å². The van der Waals surface area contributed by atoms with Crippen LogP contribution in [0.3, 0.4) is 0 Å². The molecule has 0 unspecified atom stereocenters. The normalized spacial score (nSPS) is 11.9. The Labute approximate surface area is 64.2 Å². The van der Waals surface area contributed by atoms with E-state index < -0.39 is 5.51 Å². The number of anilines is 1. The highest BCUT2D eigenvalue weighted by molar-refractivity contribution is 8.00.